The second-order valence-electron chi connectivity index (χ2n) is 16.8. The van der Waals surface area contributed by atoms with Gasteiger partial charge in [0.2, 0.25) is 0 Å². The minimum atomic E-state index is -0.182. The van der Waals surface area contributed by atoms with E-state index in [0.29, 0.717) is 11.1 Å². The van der Waals surface area contributed by atoms with Crippen molar-refractivity contribution < 1.29 is 4.42 Å². The van der Waals surface area contributed by atoms with Crippen molar-refractivity contribution in [2.24, 2.45) is 0 Å². The molecule has 0 amide bonds. The van der Waals surface area contributed by atoms with Crippen LogP contribution in [0.25, 0.3) is 99.9 Å². The van der Waals surface area contributed by atoms with Crippen molar-refractivity contribution in [2.75, 3.05) is 0 Å². The van der Waals surface area contributed by atoms with E-state index in [-0.39, 0.29) is 193 Å². The summed E-state index contributed by atoms with van der Waals surface area (Å²) < 4.78 is 6.73. The predicted octanol–water partition coefficient (Wildman–Crippen LogP) is -10.5. The Bertz CT molecular complexity index is 3910. The van der Waals surface area contributed by atoms with E-state index < -0.39 is 0 Å². The fourth-order valence-corrected chi connectivity index (χ4v) is 9.43. The highest BCUT2D eigenvalue weighted by molar-refractivity contribution is 6.75. The van der Waals surface area contributed by atoms with Crippen molar-refractivity contribution in [3.8, 4) is 56.4 Å². The molecule has 276 valence electrons. The molecule has 70 heavy (non-hydrogen) atoms. The Morgan fingerprint density at radius 3 is 1.00 bits per heavy atom. The van der Waals surface area contributed by atoms with Gasteiger partial charge in [0.25, 0.3) is 0 Å². The van der Waals surface area contributed by atoms with Crippen LogP contribution in [0.3, 0.4) is 0 Å². The van der Waals surface area contributed by atoms with Gasteiger partial charge >= 0.3 is 0 Å². The number of rotatable bonds is 5. The minimum Gasteiger partial charge on any atom is -0.456 e. The maximum atomic E-state index is 7.38. The molecule has 2 heterocycles. The van der Waals surface area contributed by atoms with E-state index in [9.17, 15) is 0 Å². The molecule has 4 nitrogen and oxygen atoms in total. The van der Waals surface area contributed by atoms with Gasteiger partial charge in [0.05, 0.1) is 0 Å². The highest BCUT2D eigenvalue weighted by Crippen LogP contribution is 2.36. The fraction of sp³-hybridized carbons (Fsp3) is 0. The zero-order valence-corrected chi connectivity index (χ0v) is 37.0. The summed E-state index contributed by atoms with van der Waals surface area (Å²) in [6, 6.07) is 18.4. The molecular weight excluding hydrogens is 828 g/mol. The second kappa shape index (κ2) is 17.3. The average Bonchev–Trinajstić information content (AvgIpc) is 3.77. The highest BCUT2D eigenvalue weighted by atomic mass is 16.3. The van der Waals surface area contributed by atoms with Crippen LogP contribution in [-0.2, 0) is 0 Å². The Kier molecular flexibility index (Phi) is 11.8. The lowest BCUT2D eigenvalue weighted by molar-refractivity contribution is 0.673. The van der Waals surface area contributed by atoms with Crippen molar-refractivity contribution in [1.82, 2.24) is 15.0 Å². The molecule has 0 aliphatic rings. The van der Waals surface area contributed by atoms with Gasteiger partial charge in [0, 0.05) is 33.0 Å². The molecule has 10 aromatic rings. The molecule has 0 atom stereocenters. The van der Waals surface area contributed by atoms with E-state index >= 15 is 0 Å². The Labute approximate surface area is 430 Å². The summed E-state index contributed by atoms with van der Waals surface area (Å²) in [6.45, 7) is 0. The van der Waals surface area contributed by atoms with Gasteiger partial charge in [0.1, 0.15) is 160 Å². The molecule has 0 N–H and O–H groups in total. The van der Waals surface area contributed by atoms with E-state index in [1.54, 1.807) is 0 Å². The molecule has 2 aromatic heterocycles. The number of hydrogen-bond donors (Lipinski definition) is 0. The smallest absolute Gasteiger partial charge is 0.164 e. The molecule has 10 rings (SSSR count). The Hall–Kier alpha value is -5.68. The average molecular weight is 838 g/mol. The first-order valence-corrected chi connectivity index (χ1v) is 21.1. The molecule has 0 saturated carbocycles. The van der Waals surface area contributed by atoms with Gasteiger partial charge < -0.3 is 4.42 Å². The van der Waals surface area contributed by atoms with Crippen LogP contribution in [0.1, 0.15) is 0 Å². The molecular formula is C47H10B19N3O. The van der Waals surface area contributed by atoms with Gasteiger partial charge in [-0.3, -0.25) is 0 Å². The lowest BCUT2D eigenvalue weighted by atomic mass is 9.56. The van der Waals surface area contributed by atoms with E-state index in [2.05, 4.69) is 0 Å². The molecule has 0 bridgehead atoms. The van der Waals surface area contributed by atoms with Crippen LogP contribution in [0.5, 0.6) is 0 Å². The third-order valence-corrected chi connectivity index (χ3v) is 13.0. The number of aromatic nitrogens is 3. The second-order valence-corrected chi connectivity index (χ2v) is 16.8. The van der Waals surface area contributed by atoms with Crippen molar-refractivity contribution in [3.05, 3.63) is 60.7 Å². The van der Waals surface area contributed by atoms with Crippen LogP contribution in [0.4, 0.5) is 0 Å². The molecule has 8 aromatic carbocycles. The quantitative estimate of drug-likeness (QED) is 0.162. The maximum Gasteiger partial charge on any atom is 0.164 e. The summed E-state index contributed by atoms with van der Waals surface area (Å²) >= 11 is 0. The summed E-state index contributed by atoms with van der Waals surface area (Å²) in [6.07, 6.45) is 0. The van der Waals surface area contributed by atoms with Crippen LogP contribution >= 0.6 is 0 Å². The standard InChI is InChI=1S/C47H10B19N3O/c48-24-13(28(52)31(55)17-14(24)34(58)39(63)41(65)36(17)60)16-29(53)32(56)19(33(57)30(16)54)20-26(50)23(47-68-45(11-7-3-1-4-8-11)67-46(69-47)12-9-5-2-6-10-12)27(51)21-22-25(49)15-18(38(62)44(22)70-43(20)21)37(61)42(66)40(64)35(15)59/h1-10H. The third-order valence-electron chi connectivity index (χ3n) is 13.0. The lowest BCUT2D eigenvalue weighted by Crippen LogP contribution is -2.53. The van der Waals surface area contributed by atoms with Crippen LogP contribution in [0.15, 0.2) is 65.1 Å². The molecule has 0 unspecified atom stereocenters. The molecule has 0 saturated heterocycles. The number of nitrogens with zero attached hydrogens (tertiary/aromatic N) is 3. The summed E-state index contributed by atoms with van der Waals surface area (Å²) in [7, 11) is 128. The van der Waals surface area contributed by atoms with Gasteiger partial charge in [-0.1, -0.05) is 137 Å². The van der Waals surface area contributed by atoms with Crippen LogP contribution in [0, 0.1) is 0 Å². The maximum absolute atomic E-state index is 7.38. The van der Waals surface area contributed by atoms with Crippen molar-refractivity contribution >= 4 is 296 Å². The Morgan fingerprint density at radius 2 is 0.543 bits per heavy atom. The van der Waals surface area contributed by atoms with Gasteiger partial charge in [-0.2, -0.15) is 0 Å². The van der Waals surface area contributed by atoms with Gasteiger partial charge in [-0.15, -0.1) is 21.9 Å². The molecule has 0 aliphatic heterocycles. The highest BCUT2D eigenvalue weighted by Gasteiger charge is 2.30. The monoisotopic (exact) mass is 841 g/mol. The molecule has 23 heteroatoms. The summed E-state index contributed by atoms with van der Waals surface area (Å²) in [5, 5.41) is 0.982. The van der Waals surface area contributed by atoms with Crippen molar-refractivity contribution in [2.45, 2.75) is 0 Å². The van der Waals surface area contributed by atoms with Crippen LogP contribution in [0.2, 0.25) is 0 Å². The Balaban J connectivity index is 1.38. The van der Waals surface area contributed by atoms with Gasteiger partial charge in [0.15, 0.2) is 17.5 Å². The van der Waals surface area contributed by atoms with Crippen molar-refractivity contribution in [3.63, 3.8) is 0 Å². The first kappa shape index (κ1) is 48.0. The largest absolute Gasteiger partial charge is 0.456 e. The number of furan rings is 1. The molecule has 0 spiro atoms. The zero-order chi connectivity index (χ0) is 50.3. The SMILES string of the molecule is [B]c1c([B])c(-c2c([B])c(-c3nc(-c4ccccc4)nc(-c4ccccc4)n3)c([B])c3c2oc2c([B])c4c([B])c([B])c([B])c([B])c4c([B])c23)c([B])c([B])c1-c1c([B])c([B])c2c([B])c([B])c([B])c([B])c2c1[B]. The van der Waals surface area contributed by atoms with E-state index in [1.165, 1.54) is 0 Å². The predicted molar refractivity (Wildman–Crippen MR) is 312 cm³/mol. The fourth-order valence-electron chi connectivity index (χ4n) is 9.43. The third kappa shape index (κ3) is 6.75. The lowest BCUT2D eigenvalue weighted by Gasteiger charge is -2.30. The summed E-state index contributed by atoms with van der Waals surface area (Å²) in [5.74, 6) is 0.579. The first-order valence-electron chi connectivity index (χ1n) is 21.1. The molecule has 38 radical (unpaired) electrons. The summed E-state index contributed by atoms with van der Waals surface area (Å²) in [5.41, 5.74) is 0.182. The topological polar surface area (TPSA) is 51.8 Å². The van der Waals surface area contributed by atoms with Gasteiger partial charge in [-0.05, 0) is 43.7 Å². The number of benzene rings is 8. The number of fused-ring (bicyclic) bond motifs is 5. The minimum absolute atomic E-state index is 0.000357. The zero-order valence-electron chi connectivity index (χ0n) is 37.0. The molecule has 0 aliphatic carbocycles. The van der Waals surface area contributed by atoms with E-state index in [0.717, 1.165) is 0 Å². The van der Waals surface area contributed by atoms with Crippen molar-refractivity contribution in [1.29, 1.82) is 0 Å². The van der Waals surface area contributed by atoms with Crippen LogP contribution in [-0.4, -0.2) is 164 Å². The Morgan fingerprint density at radius 1 is 0.229 bits per heavy atom. The first-order chi connectivity index (χ1) is 33.2. The summed E-state index contributed by atoms with van der Waals surface area (Å²) in [4.78, 5) is 14.8. The van der Waals surface area contributed by atoms with E-state index in [4.69, 9.17) is 168 Å². The number of hydrogen-bond acceptors (Lipinski definition) is 4. The molecule has 0 fully saturated rings. The van der Waals surface area contributed by atoms with E-state index in [1.807, 2.05) is 60.7 Å². The van der Waals surface area contributed by atoms with Crippen LogP contribution < -0.4 is 104 Å². The normalized spacial score (nSPS) is 11.7. The van der Waals surface area contributed by atoms with Gasteiger partial charge in [-0.25, -0.2) is 15.0 Å².